The first kappa shape index (κ1) is 15.0. The first-order valence-corrected chi connectivity index (χ1v) is 8.22. The van der Waals surface area contributed by atoms with E-state index in [9.17, 15) is 0 Å². The molecule has 0 spiro atoms. The van der Waals surface area contributed by atoms with E-state index < -0.39 is 0 Å². The summed E-state index contributed by atoms with van der Waals surface area (Å²) in [6.07, 6.45) is 2.34. The highest BCUT2D eigenvalue weighted by Gasteiger charge is 2.30. The fourth-order valence-electron chi connectivity index (χ4n) is 2.01. The summed E-state index contributed by atoms with van der Waals surface area (Å²) < 4.78 is 0. The van der Waals surface area contributed by atoms with Crippen LogP contribution >= 0.6 is 35.0 Å². The van der Waals surface area contributed by atoms with Gasteiger partial charge in [-0.25, -0.2) is 0 Å². The van der Waals surface area contributed by atoms with Crippen molar-refractivity contribution in [2.45, 2.75) is 26.7 Å². The van der Waals surface area contributed by atoms with Gasteiger partial charge in [0.2, 0.25) is 0 Å². The van der Waals surface area contributed by atoms with Crippen LogP contribution in [-0.4, -0.2) is 17.5 Å². The lowest BCUT2D eigenvalue weighted by Gasteiger charge is -2.33. The van der Waals surface area contributed by atoms with Crippen molar-refractivity contribution in [2.75, 3.05) is 17.6 Å². The fraction of sp³-hybridized carbons (Fsp3) is 0.500. The van der Waals surface area contributed by atoms with E-state index >= 15 is 0 Å². The molecule has 19 heavy (non-hydrogen) atoms. The van der Waals surface area contributed by atoms with Crippen molar-refractivity contribution in [3.63, 3.8) is 0 Å². The van der Waals surface area contributed by atoms with Crippen LogP contribution in [0.3, 0.4) is 0 Å². The minimum Gasteiger partial charge on any atom is -0.334 e. The number of nitrogens with one attached hydrogen (secondary N) is 1. The zero-order valence-corrected chi connectivity index (χ0v) is 13.5. The van der Waals surface area contributed by atoms with Crippen molar-refractivity contribution in [3.05, 3.63) is 28.2 Å². The minimum absolute atomic E-state index is 0.355. The molecule has 0 aromatic heterocycles. The Hall–Kier alpha value is -0.380. The summed E-state index contributed by atoms with van der Waals surface area (Å²) in [6, 6.07) is 5.40. The van der Waals surface area contributed by atoms with E-state index in [1.54, 1.807) is 23.9 Å². The monoisotopic (exact) mass is 316 g/mol. The van der Waals surface area contributed by atoms with Gasteiger partial charge in [0.25, 0.3) is 0 Å². The molecule has 0 fully saturated rings. The van der Waals surface area contributed by atoms with E-state index in [0.717, 1.165) is 23.2 Å². The molecule has 0 saturated heterocycles. The van der Waals surface area contributed by atoms with Crippen molar-refractivity contribution in [3.8, 4) is 0 Å². The van der Waals surface area contributed by atoms with Crippen LogP contribution in [-0.2, 0) is 0 Å². The molecule has 1 heterocycles. The molecule has 2 nitrogen and oxygen atoms in total. The predicted molar refractivity (Wildman–Crippen MR) is 87.9 cm³/mol. The van der Waals surface area contributed by atoms with Gasteiger partial charge >= 0.3 is 0 Å². The summed E-state index contributed by atoms with van der Waals surface area (Å²) in [4.78, 5) is 4.66. The van der Waals surface area contributed by atoms with Crippen LogP contribution in [0.5, 0.6) is 0 Å². The topological polar surface area (TPSA) is 24.4 Å². The van der Waals surface area contributed by atoms with Crippen molar-refractivity contribution in [2.24, 2.45) is 10.4 Å². The number of aliphatic imine (C=N–C) groups is 1. The number of rotatable bonds is 3. The average molecular weight is 317 g/mol. The maximum absolute atomic E-state index is 6.14. The standard InChI is InChI=1S/C14H18Cl2N2S/c1-3-14(4-2)8-17-13(19-9-14)18-12-7-10(15)5-6-11(12)16/h5-7H,3-4,8-9H2,1-2H3,(H,17,18). The number of hydrogen-bond donors (Lipinski definition) is 1. The summed E-state index contributed by atoms with van der Waals surface area (Å²) in [5.41, 5.74) is 1.18. The number of nitrogens with zero attached hydrogens (tertiary/aromatic N) is 1. The van der Waals surface area contributed by atoms with Crippen molar-refractivity contribution in [1.29, 1.82) is 0 Å². The smallest absolute Gasteiger partial charge is 0.161 e. The Bertz CT molecular complexity index is 484. The van der Waals surface area contributed by atoms with Gasteiger partial charge in [0, 0.05) is 17.3 Å². The van der Waals surface area contributed by atoms with Crippen LogP contribution in [0.4, 0.5) is 5.69 Å². The lowest BCUT2D eigenvalue weighted by Crippen LogP contribution is -2.32. The molecule has 5 heteroatoms. The molecule has 0 bridgehead atoms. The second kappa shape index (κ2) is 6.38. The Morgan fingerprint density at radius 3 is 2.63 bits per heavy atom. The highest BCUT2D eigenvalue weighted by Crippen LogP contribution is 2.36. The van der Waals surface area contributed by atoms with E-state index in [-0.39, 0.29) is 0 Å². The van der Waals surface area contributed by atoms with E-state index in [0.29, 0.717) is 15.5 Å². The number of thioether (sulfide) groups is 1. The number of anilines is 1. The molecular weight excluding hydrogens is 299 g/mol. The Labute approximate surface area is 129 Å². The van der Waals surface area contributed by atoms with Crippen molar-refractivity contribution >= 4 is 45.8 Å². The molecule has 0 atom stereocenters. The molecule has 1 N–H and O–H groups in total. The molecule has 1 aromatic rings. The second-order valence-corrected chi connectivity index (χ2v) is 6.67. The van der Waals surface area contributed by atoms with Crippen LogP contribution < -0.4 is 5.32 Å². The molecule has 1 aromatic carbocycles. The normalized spacial score (nSPS) is 18.0. The first-order chi connectivity index (χ1) is 9.08. The third-order valence-corrected chi connectivity index (χ3v) is 5.57. The first-order valence-electron chi connectivity index (χ1n) is 6.48. The second-order valence-electron chi connectivity index (χ2n) is 4.87. The van der Waals surface area contributed by atoms with Gasteiger partial charge in [-0.2, -0.15) is 0 Å². The molecule has 0 unspecified atom stereocenters. The summed E-state index contributed by atoms with van der Waals surface area (Å²) >= 11 is 13.9. The molecule has 0 saturated carbocycles. The summed E-state index contributed by atoms with van der Waals surface area (Å²) in [6.45, 7) is 5.37. The average Bonchev–Trinajstić information content (AvgIpc) is 2.44. The summed E-state index contributed by atoms with van der Waals surface area (Å²) in [5.74, 6) is 1.10. The zero-order valence-electron chi connectivity index (χ0n) is 11.2. The van der Waals surface area contributed by atoms with Crippen molar-refractivity contribution < 1.29 is 0 Å². The van der Waals surface area contributed by atoms with Gasteiger partial charge < -0.3 is 5.32 Å². The van der Waals surface area contributed by atoms with Gasteiger partial charge in [0.1, 0.15) is 0 Å². The summed E-state index contributed by atoms with van der Waals surface area (Å²) in [7, 11) is 0. The fourth-order valence-corrected chi connectivity index (χ4v) is 3.63. The van der Waals surface area contributed by atoms with E-state index in [1.165, 1.54) is 12.8 Å². The Morgan fingerprint density at radius 2 is 2.05 bits per heavy atom. The predicted octanol–water partition coefficient (Wildman–Crippen LogP) is 5.31. The van der Waals surface area contributed by atoms with Gasteiger partial charge in [0.05, 0.1) is 10.7 Å². The highest BCUT2D eigenvalue weighted by molar-refractivity contribution is 8.14. The van der Waals surface area contributed by atoms with Crippen LogP contribution in [0.15, 0.2) is 23.2 Å². The van der Waals surface area contributed by atoms with Gasteiger partial charge in [-0.05, 0) is 36.5 Å². The Morgan fingerprint density at radius 1 is 1.32 bits per heavy atom. The number of hydrogen-bond acceptors (Lipinski definition) is 3. The van der Waals surface area contributed by atoms with Crippen LogP contribution in [0, 0.1) is 5.41 Å². The summed E-state index contributed by atoms with van der Waals surface area (Å²) in [5, 5.41) is 5.54. The Balaban J connectivity index is 2.09. The van der Waals surface area contributed by atoms with Crippen LogP contribution in [0.2, 0.25) is 10.0 Å². The SMILES string of the molecule is CCC1(CC)CN=C(Nc2cc(Cl)ccc2Cl)SC1. The third kappa shape index (κ3) is 3.59. The van der Waals surface area contributed by atoms with Crippen LogP contribution in [0.25, 0.3) is 0 Å². The van der Waals surface area contributed by atoms with Gasteiger partial charge in [0.15, 0.2) is 5.17 Å². The number of halogens is 2. The lowest BCUT2D eigenvalue weighted by molar-refractivity contribution is 0.318. The minimum atomic E-state index is 0.355. The zero-order chi connectivity index (χ0) is 13.9. The molecule has 1 aliphatic heterocycles. The molecule has 1 aliphatic rings. The van der Waals surface area contributed by atoms with E-state index in [2.05, 4.69) is 24.2 Å². The molecular formula is C14H18Cl2N2S. The van der Waals surface area contributed by atoms with Gasteiger partial charge in [-0.3, -0.25) is 4.99 Å². The van der Waals surface area contributed by atoms with Gasteiger partial charge in [-0.1, -0.05) is 48.8 Å². The number of benzene rings is 1. The maximum atomic E-state index is 6.14. The van der Waals surface area contributed by atoms with Crippen LogP contribution in [0.1, 0.15) is 26.7 Å². The lowest BCUT2D eigenvalue weighted by atomic mass is 9.84. The molecule has 0 radical (unpaired) electrons. The molecule has 0 aliphatic carbocycles. The molecule has 104 valence electrons. The van der Waals surface area contributed by atoms with E-state index in [4.69, 9.17) is 23.2 Å². The quantitative estimate of drug-likeness (QED) is 0.816. The maximum Gasteiger partial charge on any atom is 0.161 e. The Kier molecular flexibility index (Phi) is 5.04. The van der Waals surface area contributed by atoms with Crippen molar-refractivity contribution in [1.82, 2.24) is 0 Å². The molecule has 0 amide bonds. The molecule has 2 rings (SSSR count). The largest absolute Gasteiger partial charge is 0.334 e. The third-order valence-electron chi connectivity index (χ3n) is 3.74. The number of amidine groups is 1. The van der Waals surface area contributed by atoms with E-state index in [1.807, 2.05) is 6.07 Å². The van der Waals surface area contributed by atoms with Gasteiger partial charge in [-0.15, -0.1) is 0 Å². The highest BCUT2D eigenvalue weighted by atomic mass is 35.5.